The Hall–Kier alpha value is -0.300. The minimum absolute atomic E-state index is 0.273. The fraction of sp³-hybridized carbons (Fsp3) is 0.714. The zero-order valence-corrected chi connectivity index (χ0v) is 5.72. The quantitative estimate of drug-likeness (QED) is 0.554. The summed E-state index contributed by atoms with van der Waals surface area (Å²) in [6.45, 7) is 4.20. The Bertz CT molecular complexity index is 66.8. The van der Waals surface area contributed by atoms with Gasteiger partial charge in [0.25, 0.3) is 0 Å². The molecule has 0 saturated heterocycles. The average Bonchev–Trinajstić information content (AvgIpc) is 1.83. The van der Waals surface area contributed by atoms with Crippen LogP contribution in [0.1, 0.15) is 26.7 Å². The Morgan fingerprint density at radius 2 is 2.12 bits per heavy atom. The fourth-order valence-electron chi connectivity index (χ4n) is 0.447. The Kier molecular flexibility index (Phi) is 4.67. The van der Waals surface area contributed by atoms with Crippen LogP contribution in [0.15, 0.2) is 12.2 Å². The highest BCUT2D eigenvalue weighted by atomic mass is 14.6. The van der Waals surface area contributed by atoms with E-state index < -0.39 is 0 Å². The molecule has 0 radical (unpaired) electrons. The summed E-state index contributed by atoms with van der Waals surface area (Å²) >= 11 is 0. The summed E-state index contributed by atoms with van der Waals surface area (Å²) in [4.78, 5) is 0. The first-order valence-electron chi connectivity index (χ1n) is 3.23. The van der Waals surface area contributed by atoms with Crippen LogP contribution in [0.4, 0.5) is 0 Å². The summed E-state index contributed by atoms with van der Waals surface area (Å²) in [5.74, 6) is 0. The van der Waals surface area contributed by atoms with Crippen molar-refractivity contribution in [2.24, 2.45) is 5.73 Å². The van der Waals surface area contributed by atoms with Crippen LogP contribution in [-0.4, -0.2) is 6.04 Å². The first-order valence-corrected chi connectivity index (χ1v) is 3.23. The normalized spacial score (nSPS) is 14.9. The summed E-state index contributed by atoms with van der Waals surface area (Å²) in [5, 5.41) is 0. The van der Waals surface area contributed by atoms with Crippen molar-refractivity contribution in [2.45, 2.75) is 32.7 Å². The van der Waals surface area contributed by atoms with E-state index in [1.807, 2.05) is 0 Å². The molecule has 0 aliphatic heterocycles. The lowest BCUT2D eigenvalue weighted by molar-refractivity contribution is 0.779. The van der Waals surface area contributed by atoms with Gasteiger partial charge in [0, 0.05) is 6.04 Å². The molecule has 0 rings (SSSR count). The van der Waals surface area contributed by atoms with Crippen LogP contribution in [0.25, 0.3) is 0 Å². The number of nitrogens with two attached hydrogens (primary N) is 1. The van der Waals surface area contributed by atoms with Gasteiger partial charge in [0.15, 0.2) is 0 Å². The van der Waals surface area contributed by atoms with E-state index >= 15 is 0 Å². The molecule has 1 atom stereocenters. The molecule has 2 N–H and O–H groups in total. The molecular weight excluding hydrogens is 98.1 g/mol. The minimum Gasteiger partial charge on any atom is -0.324 e. The minimum atomic E-state index is 0.273. The molecule has 0 aromatic heterocycles. The lowest BCUT2D eigenvalue weighted by Gasteiger charge is -1.97. The van der Waals surface area contributed by atoms with Crippen LogP contribution in [-0.2, 0) is 0 Å². The van der Waals surface area contributed by atoms with E-state index in [-0.39, 0.29) is 6.04 Å². The van der Waals surface area contributed by atoms with Gasteiger partial charge in [-0.25, -0.2) is 0 Å². The maximum atomic E-state index is 5.57. The Morgan fingerprint density at radius 3 is 2.50 bits per heavy atom. The summed E-state index contributed by atoms with van der Waals surface area (Å²) in [5.41, 5.74) is 5.57. The lowest BCUT2D eigenvalue weighted by Crippen LogP contribution is -2.14. The topological polar surface area (TPSA) is 26.0 Å². The Labute approximate surface area is 51.6 Å². The highest BCUT2D eigenvalue weighted by molar-refractivity contribution is 4.89. The van der Waals surface area contributed by atoms with Crippen molar-refractivity contribution in [3.05, 3.63) is 12.2 Å². The van der Waals surface area contributed by atoms with E-state index in [1.54, 1.807) is 0 Å². The second-order valence-corrected chi connectivity index (χ2v) is 1.91. The lowest BCUT2D eigenvalue weighted by atomic mass is 10.2. The van der Waals surface area contributed by atoms with Gasteiger partial charge in [0.05, 0.1) is 0 Å². The standard InChI is InChI=1S/C7H15N/c1-3-5-6-7(8)4-2/h5-7H,3-4,8H2,1-2H3. The maximum absolute atomic E-state index is 5.57. The predicted molar refractivity (Wildman–Crippen MR) is 37.7 cm³/mol. The first-order chi connectivity index (χ1) is 3.81. The van der Waals surface area contributed by atoms with E-state index in [0.717, 1.165) is 12.8 Å². The number of allylic oxidation sites excluding steroid dienone is 1. The van der Waals surface area contributed by atoms with Crippen LogP contribution in [0, 0.1) is 0 Å². The highest BCUT2D eigenvalue weighted by Gasteiger charge is 1.86. The average molecular weight is 113 g/mol. The van der Waals surface area contributed by atoms with Gasteiger partial charge in [-0.15, -0.1) is 0 Å². The molecule has 1 heteroatoms. The van der Waals surface area contributed by atoms with Crippen molar-refractivity contribution in [1.82, 2.24) is 0 Å². The van der Waals surface area contributed by atoms with E-state index in [2.05, 4.69) is 26.0 Å². The van der Waals surface area contributed by atoms with Gasteiger partial charge in [-0.1, -0.05) is 26.0 Å². The summed E-state index contributed by atoms with van der Waals surface area (Å²) < 4.78 is 0. The van der Waals surface area contributed by atoms with Crippen molar-refractivity contribution in [3.8, 4) is 0 Å². The van der Waals surface area contributed by atoms with Crippen molar-refractivity contribution >= 4 is 0 Å². The van der Waals surface area contributed by atoms with Crippen molar-refractivity contribution < 1.29 is 0 Å². The third-order valence-electron chi connectivity index (χ3n) is 1.09. The third kappa shape index (κ3) is 3.88. The molecule has 0 aliphatic rings. The molecule has 48 valence electrons. The van der Waals surface area contributed by atoms with E-state index in [0.29, 0.717) is 0 Å². The maximum Gasteiger partial charge on any atom is 0.0221 e. The highest BCUT2D eigenvalue weighted by Crippen LogP contribution is 1.88. The van der Waals surface area contributed by atoms with Gasteiger partial charge < -0.3 is 5.73 Å². The molecule has 8 heavy (non-hydrogen) atoms. The number of hydrogen-bond donors (Lipinski definition) is 1. The summed E-state index contributed by atoms with van der Waals surface area (Å²) in [6, 6.07) is 0.273. The molecule has 0 heterocycles. The second kappa shape index (κ2) is 4.85. The molecule has 0 amide bonds. The largest absolute Gasteiger partial charge is 0.324 e. The predicted octanol–water partition coefficient (Wildman–Crippen LogP) is 1.69. The van der Waals surface area contributed by atoms with Gasteiger partial charge in [-0.2, -0.15) is 0 Å². The van der Waals surface area contributed by atoms with Crippen molar-refractivity contribution in [1.29, 1.82) is 0 Å². The Morgan fingerprint density at radius 1 is 1.50 bits per heavy atom. The molecule has 0 aromatic carbocycles. The molecule has 1 unspecified atom stereocenters. The molecule has 0 spiro atoms. The van der Waals surface area contributed by atoms with Crippen molar-refractivity contribution in [2.75, 3.05) is 0 Å². The van der Waals surface area contributed by atoms with E-state index in [4.69, 9.17) is 5.73 Å². The van der Waals surface area contributed by atoms with Crippen LogP contribution < -0.4 is 5.73 Å². The van der Waals surface area contributed by atoms with Crippen LogP contribution in [0.2, 0.25) is 0 Å². The Balaban J connectivity index is 3.21. The zero-order valence-electron chi connectivity index (χ0n) is 5.72. The van der Waals surface area contributed by atoms with Gasteiger partial charge in [-0.3, -0.25) is 0 Å². The summed E-state index contributed by atoms with van der Waals surface area (Å²) in [6.07, 6.45) is 6.29. The second-order valence-electron chi connectivity index (χ2n) is 1.91. The van der Waals surface area contributed by atoms with Crippen molar-refractivity contribution in [3.63, 3.8) is 0 Å². The third-order valence-corrected chi connectivity index (χ3v) is 1.09. The van der Waals surface area contributed by atoms with E-state index in [1.165, 1.54) is 0 Å². The summed E-state index contributed by atoms with van der Waals surface area (Å²) in [7, 11) is 0. The molecule has 0 aromatic rings. The van der Waals surface area contributed by atoms with Gasteiger partial charge in [0.1, 0.15) is 0 Å². The number of rotatable bonds is 3. The van der Waals surface area contributed by atoms with Crippen LogP contribution in [0.5, 0.6) is 0 Å². The smallest absolute Gasteiger partial charge is 0.0221 e. The molecule has 1 nitrogen and oxygen atoms in total. The van der Waals surface area contributed by atoms with Gasteiger partial charge in [-0.05, 0) is 12.8 Å². The first kappa shape index (κ1) is 7.70. The number of hydrogen-bond acceptors (Lipinski definition) is 1. The van der Waals surface area contributed by atoms with Gasteiger partial charge >= 0.3 is 0 Å². The molecular formula is C7H15N. The van der Waals surface area contributed by atoms with Gasteiger partial charge in [0.2, 0.25) is 0 Å². The SMILES string of the molecule is CCC=CC(N)CC. The molecule has 0 fully saturated rings. The monoisotopic (exact) mass is 113 g/mol. The molecule has 0 bridgehead atoms. The van der Waals surface area contributed by atoms with Crippen LogP contribution >= 0.6 is 0 Å². The van der Waals surface area contributed by atoms with E-state index in [9.17, 15) is 0 Å². The fourth-order valence-corrected chi connectivity index (χ4v) is 0.447. The molecule has 0 aliphatic carbocycles. The molecule has 0 saturated carbocycles. The van der Waals surface area contributed by atoms with Crippen LogP contribution in [0.3, 0.4) is 0 Å². The zero-order chi connectivity index (χ0) is 6.41.